The molecule has 0 aliphatic rings. The Morgan fingerprint density at radius 1 is 1.32 bits per heavy atom. The largest absolute Gasteiger partial charge is 0.483 e. The number of aryl methyl sites for hydroxylation is 1. The summed E-state index contributed by atoms with van der Waals surface area (Å²) in [5, 5.41) is 11.7. The summed E-state index contributed by atoms with van der Waals surface area (Å²) < 4.78 is 5.70. The molecule has 0 saturated carbocycles. The quantitative estimate of drug-likeness (QED) is 0.701. The van der Waals surface area contributed by atoms with Crippen LogP contribution >= 0.6 is 11.8 Å². The van der Waals surface area contributed by atoms with Crippen molar-refractivity contribution in [2.24, 2.45) is 0 Å². The van der Waals surface area contributed by atoms with Crippen molar-refractivity contribution in [3.05, 3.63) is 29.3 Å². The number of carbonyl (C=O) groups excluding carboxylic acids is 1. The lowest BCUT2D eigenvalue weighted by Gasteiger charge is -2.24. The number of carboxylic acids is 1. The van der Waals surface area contributed by atoms with Gasteiger partial charge in [0.25, 0.3) is 5.91 Å². The minimum absolute atomic E-state index is 0.112. The molecule has 1 aromatic rings. The first-order valence-electron chi connectivity index (χ1n) is 8.46. The summed E-state index contributed by atoms with van der Waals surface area (Å²) in [6, 6.07) is 5.09. The lowest BCUT2D eigenvalue weighted by Crippen LogP contribution is -2.43. The maximum atomic E-state index is 12.1. The molecule has 1 amide bonds. The second kappa shape index (κ2) is 9.70. The van der Waals surface area contributed by atoms with Gasteiger partial charge in [-0.15, -0.1) is 0 Å². The van der Waals surface area contributed by atoms with Crippen LogP contribution in [-0.4, -0.2) is 41.6 Å². The summed E-state index contributed by atoms with van der Waals surface area (Å²) >= 11 is 1.55. The van der Waals surface area contributed by atoms with Crippen molar-refractivity contribution < 1.29 is 19.4 Å². The number of rotatable bonds is 9. The topological polar surface area (TPSA) is 75.6 Å². The van der Waals surface area contributed by atoms with E-state index in [1.165, 1.54) is 5.56 Å². The van der Waals surface area contributed by atoms with Gasteiger partial charge >= 0.3 is 5.97 Å². The molecule has 25 heavy (non-hydrogen) atoms. The molecule has 0 heterocycles. The Morgan fingerprint density at radius 3 is 2.52 bits per heavy atom. The van der Waals surface area contributed by atoms with Gasteiger partial charge < -0.3 is 15.2 Å². The summed E-state index contributed by atoms with van der Waals surface area (Å²) in [5.74, 6) is -0.112. The smallest absolute Gasteiger partial charge is 0.326 e. The van der Waals surface area contributed by atoms with Gasteiger partial charge in [-0.05, 0) is 47.5 Å². The Bertz CT molecular complexity index is 596. The Kier molecular flexibility index (Phi) is 8.29. The molecule has 0 saturated heterocycles. The van der Waals surface area contributed by atoms with Crippen LogP contribution in [0.3, 0.4) is 0 Å². The van der Waals surface area contributed by atoms with Crippen LogP contribution in [0.1, 0.15) is 45.2 Å². The number of hydrogen-bond donors (Lipinski definition) is 2. The summed E-state index contributed by atoms with van der Waals surface area (Å²) in [6.45, 7) is 8.18. The lowest BCUT2D eigenvalue weighted by atomic mass is 9.85. The fourth-order valence-electron chi connectivity index (χ4n) is 2.38. The van der Waals surface area contributed by atoms with Gasteiger partial charge in [0.1, 0.15) is 11.8 Å². The summed E-state index contributed by atoms with van der Waals surface area (Å²) in [5.41, 5.74) is 2.14. The van der Waals surface area contributed by atoms with E-state index in [9.17, 15) is 14.7 Å². The van der Waals surface area contributed by atoms with Gasteiger partial charge in [0, 0.05) is 0 Å². The Hall–Kier alpha value is -1.69. The van der Waals surface area contributed by atoms with Crippen molar-refractivity contribution in [3.8, 4) is 5.75 Å². The molecular weight excluding hydrogens is 338 g/mol. The number of thioether (sulfide) groups is 1. The fourth-order valence-corrected chi connectivity index (χ4v) is 2.85. The molecular formula is C19H29NO4S. The third-order valence-electron chi connectivity index (χ3n) is 3.86. The van der Waals surface area contributed by atoms with Crippen LogP contribution in [0.25, 0.3) is 0 Å². The van der Waals surface area contributed by atoms with Crippen LogP contribution in [0, 0.1) is 0 Å². The van der Waals surface area contributed by atoms with Gasteiger partial charge in [-0.3, -0.25) is 4.79 Å². The molecule has 0 bridgehead atoms. The second-order valence-electron chi connectivity index (χ2n) is 6.96. The highest BCUT2D eigenvalue weighted by molar-refractivity contribution is 7.98. The van der Waals surface area contributed by atoms with E-state index < -0.39 is 17.9 Å². The number of carbonyl (C=O) groups is 2. The summed E-state index contributed by atoms with van der Waals surface area (Å²) in [7, 11) is 0. The predicted octanol–water partition coefficient (Wildman–Crippen LogP) is 3.25. The molecule has 0 aliphatic carbocycles. The van der Waals surface area contributed by atoms with Crippen molar-refractivity contribution in [1.29, 1.82) is 0 Å². The Balaban J connectivity index is 2.76. The Labute approximate surface area is 154 Å². The highest BCUT2D eigenvalue weighted by Gasteiger charge is 2.22. The van der Waals surface area contributed by atoms with Crippen molar-refractivity contribution in [2.75, 3.05) is 18.6 Å². The van der Waals surface area contributed by atoms with E-state index in [1.807, 2.05) is 18.4 Å². The molecule has 2 N–H and O–H groups in total. The minimum atomic E-state index is -1.02. The molecule has 5 nitrogen and oxygen atoms in total. The molecule has 0 fully saturated rings. The second-order valence-corrected chi connectivity index (χ2v) is 7.95. The molecule has 1 aromatic carbocycles. The maximum absolute atomic E-state index is 12.1. The zero-order valence-electron chi connectivity index (χ0n) is 15.7. The number of amides is 1. The first-order chi connectivity index (χ1) is 11.7. The molecule has 0 spiro atoms. The summed E-state index contributed by atoms with van der Waals surface area (Å²) in [4.78, 5) is 23.3. The van der Waals surface area contributed by atoms with Crippen molar-refractivity contribution in [1.82, 2.24) is 5.32 Å². The van der Waals surface area contributed by atoms with E-state index >= 15 is 0 Å². The molecule has 0 aliphatic heterocycles. The van der Waals surface area contributed by atoms with E-state index in [1.54, 1.807) is 11.8 Å². The van der Waals surface area contributed by atoms with Gasteiger partial charge in [-0.25, -0.2) is 4.79 Å². The third kappa shape index (κ3) is 6.98. The van der Waals surface area contributed by atoms with Crippen LogP contribution in [0.15, 0.2) is 18.2 Å². The SMILES string of the molecule is CCc1ccc(OCC(=O)NC(CCSC)C(=O)O)c(C(C)(C)C)c1. The first kappa shape index (κ1) is 21.4. The lowest BCUT2D eigenvalue weighted by molar-refractivity contribution is -0.142. The first-order valence-corrected chi connectivity index (χ1v) is 9.85. The normalized spacial score (nSPS) is 12.5. The van der Waals surface area contributed by atoms with Crippen LogP contribution in [0.2, 0.25) is 0 Å². The van der Waals surface area contributed by atoms with E-state index in [0.717, 1.165) is 12.0 Å². The van der Waals surface area contributed by atoms with E-state index in [2.05, 4.69) is 39.1 Å². The maximum Gasteiger partial charge on any atom is 0.326 e. The van der Waals surface area contributed by atoms with Crippen LogP contribution in [0.4, 0.5) is 0 Å². The number of ether oxygens (including phenoxy) is 1. The fraction of sp³-hybridized carbons (Fsp3) is 0.579. The van der Waals surface area contributed by atoms with Gasteiger partial charge in [0.2, 0.25) is 0 Å². The number of aliphatic carboxylic acids is 1. The number of benzene rings is 1. The van der Waals surface area contributed by atoms with E-state index in [-0.39, 0.29) is 12.0 Å². The van der Waals surface area contributed by atoms with Gasteiger partial charge in [0.15, 0.2) is 6.61 Å². The monoisotopic (exact) mass is 367 g/mol. The predicted molar refractivity (Wildman–Crippen MR) is 103 cm³/mol. The van der Waals surface area contributed by atoms with Gasteiger partial charge in [-0.1, -0.05) is 39.8 Å². The van der Waals surface area contributed by atoms with E-state index in [0.29, 0.717) is 17.9 Å². The zero-order valence-corrected chi connectivity index (χ0v) is 16.5. The molecule has 0 radical (unpaired) electrons. The minimum Gasteiger partial charge on any atom is -0.483 e. The molecule has 0 aromatic heterocycles. The standard InChI is InChI=1S/C19H29NO4S/c1-6-13-7-8-16(14(11-13)19(2,3)4)24-12-17(21)20-15(18(22)23)9-10-25-5/h7-8,11,15H,6,9-10,12H2,1-5H3,(H,20,21)(H,22,23). The zero-order chi connectivity index (χ0) is 19.0. The van der Waals surface area contributed by atoms with Crippen molar-refractivity contribution in [3.63, 3.8) is 0 Å². The van der Waals surface area contributed by atoms with E-state index in [4.69, 9.17) is 4.74 Å². The average Bonchev–Trinajstić information content (AvgIpc) is 2.55. The number of nitrogens with one attached hydrogen (secondary N) is 1. The number of hydrogen-bond acceptors (Lipinski definition) is 4. The summed E-state index contributed by atoms with van der Waals surface area (Å²) in [6.07, 6.45) is 3.22. The molecule has 1 atom stereocenters. The van der Waals surface area contributed by atoms with Crippen LogP contribution in [-0.2, 0) is 21.4 Å². The molecule has 1 rings (SSSR count). The van der Waals surface area contributed by atoms with Crippen LogP contribution in [0.5, 0.6) is 5.75 Å². The van der Waals surface area contributed by atoms with Crippen molar-refractivity contribution >= 4 is 23.6 Å². The highest BCUT2D eigenvalue weighted by Crippen LogP contribution is 2.32. The molecule has 140 valence electrons. The van der Waals surface area contributed by atoms with Crippen LogP contribution < -0.4 is 10.1 Å². The average molecular weight is 368 g/mol. The molecule has 6 heteroatoms. The third-order valence-corrected chi connectivity index (χ3v) is 4.51. The number of carboxylic acid groups (broad SMARTS) is 1. The van der Waals surface area contributed by atoms with Gasteiger partial charge in [-0.2, -0.15) is 11.8 Å². The van der Waals surface area contributed by atoms with Crippen molar-refractivity contribution in [2.45, 2.75) is 52.0 Å². The van der Waals surface area contributed by atoms with Gasteiger partial charge in [0.05, 0.1) is 0 Å². The Morgan fingerprint density at radius 2 is 2.00 bits per heavy atom. The highest BCUT2D eigenvalue weighted by atomic mass is 32.2. The molecule has 1 unspecified atom stereocenters.